The van der Waals surface area contributed by atoms with E-state index in [0.29, 0.717) is 11.1 Å². The zero-order chi connectivity index (χ0) is 51.6. The molecule has 16 heteroatoms. The average molecular weight is 1030 g/mol. The second kappa shape index (κ2) is 18.8. The number of aromatic hydroxyl groups is 4. The summed E-state index contributed by atoms with van der Waals surface area (Å²) in [5.41, 5.74) is -0.421. The molecule has 0 amide bonds. The number of hydrogen-bond donors (Lipinski definition) is 4. The molecular weight excluding hydrogens is 993 g/mol. The summed E-state index contributed by atoms with van der Waals surface area (Å²) in [6.45, 7) is 6.15. The first-order valence-corrected chi connectivity index (χ1v) is 26.6. The van der Waals surface area contributed by atoms with Crippen LogP contribution in [-0.4, -0.2) is 60.4 Å². The monoisotopic (exact) mass is 1030 g/mol. The van der Waals surface area contributed by atoms with Crippen LogP contribution in [0.25, 0.3) is 0 Å². The van der Waals surface area contributed by atoms with Gasteiger partial charge >= 0.3 is 0 Å². The van der Waals surface area contributed by atoms with E-state index in [4.69, 9.17) is 0 Å². The first kappa shape index (κ1) is 49.2. The number of benzene rings is 8. The standard InChI is InChI=1S/C28H20O8S2.C28H20O4S2/c1-15-16(2)26(30)24-23(25(15)29)27(31)19-13-21(37(33,34)17-9-5-3-6-10-17)22(14-20(19)28(24)32)38(35,36)18-11-7-4-8-12-18;1-15-16(2)26(30)24-23(25(15)29)27(31)19-13-21(33-17-9-5-3-6-10-17)22(14-20(19)28(24)32)34-18-11-7-4-8-12-18/h3-14,29-30H,1-2H3;3-14,29-30H,1-2H3. The third kappa shape index (κ3) is 8.25. The Bertz CT molecular complexity index is 3610. The zero-order valence-electron chi connectivity index (χ0n) is 38.5. The number of carbonyl (C=O) groups excluding carboxylic acids is 4. The molecule has 8 aromatic rings. The lowest BCUT2D eigenvalue weighted by atomic mass is 9.81. The molecule has 0 unspecified atom stereocenters. The fourth-order valence-corrected chi connectivity index (χ4v) is 13.9. The van der Waals surface area contributed by atoms with Crippen molar-refractivity contribution in [2.45, 2.75) is 66.9 Å². The molecule has 2 aliphatic rings. The highest BCUT2D eigenvalue weighted by molar-refractivity contribution is 8.02. The highest BCUT2D eigenvalue weighted by Gasteiger charge is 2.41. The van der Waals surface area contributed by atoms with Crippen molar-refractivity contribution in [3.63, 3.8) is 0 Å². The molecule has 0 radical (unpaired) electrons. The number of phenolic OH excluding ortho intramolecular Hbond substituents is 4. The minimum absolute atomic E-state index is 0.128. The van der Waals surface area contributed by atoms with Gasteiger partial charge in [-0.1, -0.05) is 96.3 Å². The van der Waals surface area contributed by atoms with Crippen LogP contribution in [0.5, 0.6) is 23.0 Å². The van der Waals surface area contributed by atoms with Gasteiger partial charge in [0.25, 0.3) is 0 Å². The lowest BCUT2D eigenvalue weighted by Gasteiger charge is -2.23. The van der Waals surface area contributed by atoms with Crippen molar-refractivity contribution < 1.29 is 56.4 Å². The van der Waals surface area contributed by atoms with Gasteiger partial charge in [0.15, 0.2) is 23.1 Å². The summed E-state index contributed by atoms with van der Waals surface area (Å²) >= 11 is 3.02. The minimum atomic E-state index is -4.50. The van der Waals surface area contributed by atoms with Crippen molar-refractivity contribution in [3.05, 3.63) is 212 Å². The van der Waals surface area contributed by atoms with Crippen LogP contribution in [0.1, 0.15) is 85.9 Å². The predicted octanol–water partition coefficient (Wildman–Crippen LogP) is 10.9. The molecule has 4 N–H and O–H groups in total. The van der Waals surface area contributed by atoms with E-state index < -0.39 is 86.4 Å². The number of phenols is 4. The quantitative estimate of drug-likeness (QED) is 0.104. The van der Waals surface area contributed by atoms with Gasteiger partial charge in [-0.25, -0.2) is 16.8 Å². The van der Waals surface area contributed by atoms with Gasteiger partial charge in [0.1, 0.15) is 23.0 Å². The van der Waals surface area contributed by atoms with Crippen LogP contribution in [0.2, 0.25) is 0 Å². The summed E-state index contributed by atoms with van der Waals surface area (Å²) in [5, 5.41) is 42.9. The van der Waals surface area contributed by atoms with Crippen LogP contribution in [0.15, 0.2) is 185 Å². The van der Waals surface area contributed by atoms with Crippen LogP contribution in [0, 0.1) is 27.7 Å². The zero-order valence-corrected chi connectivity index (χ0v) is 41.8. The number of hydrogen-bond acceptors (Lipinski definition) is 14. The fourth-order valence-electron chi connectivity index (χ4n) is 8.49. The number of rotatable bonds is 8. The summed E-state index contributed by atoms with van der Waals surface area (Å²) in [4.78, 5) is 56.0. The molecule has 0 saturated carbocycles. The highest BCUT2D eigenvalue weighted by Crippen LogP contribution is 2.48. The second-order valence-corrected chi connectivity index (χ2v) is 22.9. The molecular formula is C56H40O12S4. The van der Waals surface area contributed by atoms with Gasteiger partial charge < -0.3 is 20.4 Å². The summed E-state index contributed by atoms with van der Waals surface area (Å²) < 4.78 is 54.9. The van der Waals surface area contributed by atoms with E-state index in [-0.39, 0.29) is 54.7 Å². The second-order valence-electron chi connectivity index (χ2n) is 16.9. The molecule has 0 heterocycles. The number of sulfone groups is 2. The average Bonchev–Trinajstić information content (AvgIpc) is 3.39. The summed E-state index contributed by atoms with van der Waals surface area (Å²) in [6.07, 6.45) is 0. The fraction of sp³-hybridized carbons (Fsp3) is 0.0714. The Hall–Kier alpha value is -7.76. The van der Waals surface area contributed by atoms with E-state index in [1.165, 1.54) is 85.9 Å². The number of fused-ring (bicyclic) bond motifs is 4. The third-order valence-corrected chi connectivity index (χ3v) is 18.7. The van der Waals surface area contributed by atoms with Crippen LogP contribution in [0.4, 0.5) is 0 Å². The van der Waals surface area contributed by atoms with Gasteiger partial charge in [-0.05, 0) is 123 Å². The Morgan fingerprint density at radius 1 is 0.347 bits per heavy atom. The van der Waals surface area contributed by atoms with E-state index >= 15 is 0 Å². The molecule has 0 fully saturated rings. The maximum Gasteiger partial charge on any atom is 0.207 e. The largest absolute Gasteiger partial charge is 0.507 e. The molecule has 0 bridgehead atoms. The van der Waals surface area contributed by atoms with Gasteiger partial charge in [-0.2, -0.15) is 0 Å². The van der Waals surface area contributed by atoms with Crippen LogP contribution < -0.4 is 0 Å². The smallest absolute Gasteiger partial charge is 0.207 e. The molecule has 0 atom stereocenters. The lowest BCUT2D eigenvalue weighted by molar-refractivity contribution is 0.0973. The first-order valence-electron chi connectivity index (χ1n) is 22.0. The maximum absolute atomic E-state index is 13.7. The van der Waals surface area contributed by atoms with Crippen molar-refractivity contribution in [2.75, 3.05) is 0 Å². The van der Waals surface area contributed by atoms with Gasteiger partial charge in [0, 0.05) is 41.8 Å². The molecule has 72 heavy (non-hydrogen) atoms. The van der Waals surface area contributed by atoms with Crippen LogP contribution in [-0.2, 0) is 19.7 Å². The molecule has 10 rings (SSSR count). The van der Waals surface area contributed by atoms with Crippen molar-refractivity contribution in [2.24, 2.45) is 0 Å². The van der Waals surface area contributed by atoms with Crippen molar-refractivity contribution in [1.82, 2.24) is 0 Å². The Labute approximate surface area is 422 Å². The topological polar surface area (TPSA) is 217 Å². The van der Waals surface area contributed by atoms with Crippen molar-refractivity contribution >= 4 is 66.3 Å². The van der Waals surface area contributed by atoms with E-state index in [9.17, 15) is 56.4 Å². The predicted molar refractivity (Wildman–Crippen MR) is 270 cm³/mol. The van der Waals surface area contributed by atoms with Crippen molar-refractivity contribution in [1.29, 1.82) is 0 Å². The minimum Gasteiger partial charge on any atom is -0.507 e. The Kier molecular flexibility index (Phi) is 12.8. The molecule has 12 nitrogen and oxygen atoms in total. The van der Waals surface area contributed by atoms with E-state index in [0.717, 1.165) is 31.7 Å². The first-order chi connectivity index (χ1) is 34.2. The molecule has 0 aromatic heterocycles. The van der Waals surface area contributed by atoms with E-state index in [1.807, 2.05) is 60.7 Å². The lowest BCUT2D eigenvalue weighted by Crippen LogP contribution is -2.24. The molecule has 360 valence electrons. The van der Waals surface area contributed by atoms with Crippen LogP contribution in [0.3, 0.4) is 0 Å². The molecule has 2 aliphatic carbocycles. The highest BCUT2D eigenvalue weighted by atomic mass is 32.2. The van der Waals surface area contributed by atoms with Crippen molar-refractivity contribution in [3.8, 4) is 23.0 Å². The maximum atomic E-state index is 13.7. The number of carbonyl (C=O) groups is 4. The summed E-state index contributed by atoms with van der Waals surface area (Å²) in [7, 11) is -9.00. The van der Waals surface area contributed by atoms with Gasteiger partial charge in [-0.15, -0.1) is 0 Å². The normalized spacial score (nSPS) is 12.8. The van der Waals surface area contributed by atoms with Gasteiger partial charge in [0.05, 0.1) is 41.8 Å². The van der Waals surface area contributed by atoms with E-state index in [1.54, 1.807) is 38.1 Å². The van der Waals surface area contributed by atoms with Gasteiger partial charge in [0.2, 0.25) is 19.7 Å². The van der Waals surface area contributed by atoms with Gasteiger partial charge in [-0.3, -0.25) is 19.2 Å². The Balaban J connectivity index is 0.000000179. The summed E-state index contributed by atoms with van der Waals surface area (Å²) in [6, 6.07) is 39.0. The molecule has 8 aromatic carbocycles. The number of ketones is 4. The van der Waals surface area contributed by atoms with E-state index in [2.05, 4.69) is 0 Å². The Morgan fingerprint density at radius 3 is 0.847 bits per heavy atom. The van der Waals surface area contributed by atoms with Crippen LogP contribution >= 0.6 is 23.5 Å². The molecule has 0 aliphatic heterocycles. The summed E-state index contributed by atoms with van der Waals surface area (Å²) in [5.74, 6) is -4.32. The molecule has 0 spiro atoms. The third-order valence-electron chi connectivity index (χ3n) is 12.7. The molecule has 0 saturated heterocycles. The Morgan fingerprint density at radius 2 is 0.583 bits per heavy atom. The SMILES string of the molecule is Cc1c(C)c(O)c2c(c1O)C(=O)c1cc(S(=O)(=O)c3ccccc3)c(S(=O)(=O)c3ccccc3)cc1C2=O.Cc1c(C)c(O)c2c(c1O)C(=O)c1cc(Sc3ccccc3)c(Sc3ccccc3)cc1C2=O.